The van der Waals surface area contributed by atoms with Gasteiger partial charge in [0.25, 0.3) is 0 Å². The van der Waals surface area contributed by atoms with Crippen LogP contribution in [0.1, 0.15) is 35.6 Å². The second-order valence-corrected chi connectivity index (χ2v) is 1.88. The van der Waals surface area contributed by atoms with Crippen LogP contribution in [0.25, 0.3) is 0 Å². The van der Waals surface area contributed by atoms with Crippen molar-refractivity contribution in [1.29, 1.82) is 2.47 Å². The summed E-state index contributed by atoms with van der Waals surface area (Å²) in [5.41, 5.74) is -3.79. The Labute approximate surface area is 67.0 Å². The Morgan fingerprint density at radius 3 is 2.57 bits per heavy atom. The second kappa shape index (κ2) is 2.51. The molecule has 0 nitrogen and oxygen atoms in total. The topological polar surface area (TPSA) is 0 Å². The van der Waals surface area contributed by atoms with Crippen LogP contribution < -0.4 is 0 Å². The van der Waals surface area contributed by atoms with E-state index in [0.717, 1.165) is 6.55 Å². The molecule has 1 heteroatoms. The van der Waals surface area contributed by atoms with Crippen molar-refractivity contribution in [1.82, 2.24) is 0 Å². The van der Waals surface area contributed by atoms with Gasteiger partial charge in [0.1, 0.15) is 0 Å². The Balaban J connectivity index is 6.83. The van der Waals surface area contributed by atoms with Crippen LogP contribution >= 0.6 is 0 Å². The van der Waals surface area contributed by atoms with Crippen molar-refractivity contribution in [2.75, 3.05) is 0 Å². The summed E-state index contributed by atoms with van der Waals surface area (Å²) in [6.07, 6.45) is 0. The molecule has 0 unspecified atom stereocenters. The van der Waals surface area contributed by atoms with Gasteiger partial charge in [0.2, 0.25) is 0 Å². The van der Waals surface area contributed by atoms with Gasteiger partial charge in [-0.1, -0.05) is 33.1 Å². The molecule has 0 amide bonds. The lowest BCUT2D eigenvalue weighted by Crippen LogP contribution is -2.05. The van der Waals surface area contributed by atoms with Gasteiger partial charge in [0.05, 0.1) is 0 Å². The minimum Gasteiger partial charge on any atom is -0.0748 e. The van der Waals surface area contributed by atoms with Crippen molar-refractivity contribution < 1.29 is 15.1 Å². The average molecular weight is 129 g/mol. The zero-order valence-electron chi connectivity index (χ0n) is 17.0. The SMILES string of the molecule is [2H]C([2H])([2H])C(C([2H])([2H])[2H])(C([2H])([2H])[2H])C([2H])([2H])[Si]([2H])([2H])C. The van der Waals surface area contributed by atoms with Crippen LogP contribution in [0.5, 0.6) is 0 Å². The Kier molecular flexibility index (Phi) is 0.270. The van der Waals surface area contributed by atoms with Gasteiger partial charge >= 0.3 is 0 Å². The molecule has 0 fully saturated rings. The van der Waals surface area contributed by atoms with Crippen LogP contribution in [0.3, 0.4) is 0 Å². The molecule has 0 saturated carbocycles. The van der Waals surface area contributed by atoms with Gasteiger partial charge in [-0.05, 0) is 5.41 Å². The fourth-order valence-corrected chi connectivity index (χ4v) is 0.562. The Bertz CT molecular complexity index is 315. The van der Waals surface area contributed by atoms with E-state index in [2.05, 4.69) is 0 Å². The molecule has 0 spiro atoms. The zero-order valence-corrected chi connectivity index (χ0v) is 5.00. The van der Waals surface area contributed by atoms with Gasteiger partial charge in [-0.25, -0.2) is 0 Å². The summed E-state index contributed by atoms with van der Waals surface area (Å²) in [6.45, 7) is -10.4. The maximum Gasteiger partial charge on any atom is 0.0236 e. The fraction of sp³-hybridized carbons (Fsp3) is 1.00. The van der Waals surface area contributed by atoms with E-state index < -0.39 is 41.4 Å². The summed E-state index contributed by atoms with van der Waals surface area (Å²) in [6, 6.07) is 0. The molecule has 0 heterocycles. The highest BCUT2D eigenvalue weighted by atomic mass is 28.2. The fourth-order valence-electron chi connectivity index (χ4n) is 0.188. The summed E-state index contributed by atoms with van der Waals surface area (Å²) in [5, 5.41) is 0. The highest BCUT2D eigenvalue weighted by molar-refractivity contribution is 6.33. The molecule has 0 aromatic rings. The molecule has 0 radical (unpaired) electrons. The first-order chi connectivity index (χ1) is 8.25. The second-order valence-electron chi connectivity index (χ2n) is 1.12. The smallest absolute Gasteiger partial charge is 0.0236 e. The third kappa shape index (κ3) is 6.22. The summed E-state index contributed by atoms with van der Waals surface area (Å²) in [4.78, 5) is 0. The van der Waals surface area contributed by atoms with Gasteiger partial charge < -0.3 is 0 Å². The van der Waals surface area contributed by atoms with Gasteiger partial charge in [0.15, 0.2) is 0 Å². The standard InChI is InChI=1S/C6H16Si/c1-6(2,3)5-7-4/h5,7H2,1-4H3/i1D3,2D3,3D3,5D2,7D2. The van der Waals surface area contributed by atoms with Gasteiger partial charge in [-0.3, -0.25) is 0 Å². The van der Waals surface area contributed by atoms with Crippen LogP contribution in [0.4, 0.5) is 0 Å². The molecular weight excluding hydrogens is 100 g/mol. The van der Waals surface area contributed by atoms with E-state index in [1.165, 1.54) is 0 Å². The molecule has 7 heavy (non-hydrogen) atoms. The first kappa shape index (κ1) is 0.755. The van der Waals surface area contributed by atoms with Crippen molar-refractivity contribution >= 4 is 9.38 Å². The third-order valence-electron chi connectivity index (χ3n) is 0.312. The predicted molar refractivity (Wildman–Crippen MR) is 38.7 cm³/mol. The Morgan fingerprint density at radius 2 is 2.43 bits per heavy atom. The quantitative estimate of drug-likeness (QED) is 0.473. The van der Waals surface area contributed by atoms with Crippen molar-refractivity contribution in [3.8, 4) is 0 Å². The molecule has 0 rings (SSSR count). The monoisotopic (exact) mass is 129 g/mol. The lowest BCUT2D eigenvalue weighted by molar-refractivity contribution is 0.467. The van der Waals surface area contributed by atoms with E-state index in [1.54, 1.807) is 0 Å². The van der Waals surface area contributed by atoms with Gasteiger partial charge in [-0.15, -0.1) is 0 Å². The molecule has 0 aliphatic heterocycles. The molecule has 0 bridgehead atoms. The highest BCUT2D eigenvalue weighted by Crippen LogP contribution is 2.17. The molecule has 0 aromatic carbocycles. The van der Waals surface area contributed by atoms with E-state index >= 15 is 0 Å². The van der Waals surface area contributed by atoms with Gasteiger partial charge in [-0.2, -0.15) is 0 Å². The maximum absolute atomic E-state index is 7.72. The largest absolute Gasteiger partial charge is 0.0748 e. The van der Waals surface area contributed by atoms with E-state index in [1.807, 2.05) is 0 Å². The average Bonchev–Trinajstić information content (AvgIpc) is 1.89. The van der Waals surface area contributed by atoms with Crippen LogP contribution in [0.2, 0.25) is 12.5 Å². The van der Waals surface area contributed by atoms with Crippen LogP contribution in [0, 0.1) is 5.41 Å². The van der Waals surface area contributed by atoms with Crippen molar-refractivity contribution in [3.63, 3.8) is 0 Å². The van der Waals surface area contributed by atoms with Crippen molar-refractivity contribution in [2.45, 2.75) is 33.1 Å². The summed E-state index contributed by atoms with van der Waals surface area (Å²) >= 11 is 0. The molecule has 44 valence electrons. The van der Waals surface area contributed by atoms with E-state index in [0.29, 0.717) is 0 Å². The number of hydrogen-bond acceptors (Lipinski definition) is 0. The lowest BCUT2D eigenvalue weighted by Gasteiger charge is -2.15. The molecule has 0 N–H and O–H groups in total. The van der Waals surface area contributed by atoms with Crippen LogP contribution in [0.15, 0.2) is 0 Å². The number of rotatable bonds is 1. The van der Waals surface area contributed by atoms with Crippen LogP contribution in [-0.4, -0.2) is 11.9 Å². The molecule has 0 aliphatic carbocycles. The minimum atomic E-state index is -4.60. The molecular formula is C6H16Si. The molecule has 0 aliphatic rings. The zero-order chi connectivity index (χ0) is 17.0. The summed E-state index contributed by atoms with van der Waals surface area (Å²) in [7, 11) is -4.60. The van der Waals surface area contributed by atoms with Gasteiger partial charge in [0, 0.05) is 26.9 Å². The summed E-state index contributed by atoms with van der Waals surface area (Å²) in [5.74, 6) is -3.51. The highest BCUT2D eigenvalue weighted by Gasteiger charge is 2.06. The first-order valence-corrected chi connectivity index (χ1v) is 3.25. The van der Waals surface area contributed by atoms with Crippen molar-refractivity contribution in [2.24, 2.45) is 5.41 Å². The number of hydrogen-bond donors (Lipinski definition) is 0. The van der Waals surface area contributed by atoms with Crippen LogP contribution in [-0.2, 0) is 0 Å². The first-order valence-electron chi connectivity index (χ1n) is 8.25. The Hall–Kier alpha value is 0.217. The Morgan fingerprint density at radius 1 is 1.86 bits per heavy atom. The molecule has 0 atom stereocenters. The molecule has 0 aromatic heterocycles. The maximum atomic E-state index is 7.72. The lowest BCUT2D eigenvalue weighted by atomic mass is 10.0. The third-order valence-corrected chi connectivity index (χ3v) is 0.938. The van der Waals surface area contributed by atoms with E-state index in [-0.39, 0.29) is 0 Å². The van der Waals surface area contributed by atoms with E-state index in [4.69, 9.17) is 17.5 Å². The normalized spacial score (nSPS) is 49.0. The van der Waals surface area contributed by atoms with Crippen molar-refractivity contribution in [3.05, 3.63) is 0 Å². The molecule has 0 saturated heterocycles. The predicted octanol–water partition coefficient (Wildman–Crippen LogP) is 1.67. The van der Waals surface area contributed by atoms with E-state index in [9.17, 15) is 0 Å². The minimum absolute atomic E-state index is 0.755. The summed E-state index contributed by atoms with van der Waals surface area (Å²) < 4.78 is 96.3.